The molecule has 7 nitrogen and oxygen atoms in total. The molecule has 13 heteroatoms. The maximum Gasteiger partial charge on any atom is 0.254 e. The highest BCUT2D eigenvalue weighted by atomic mass is 35.6. The van der Waals surface area contributed by atoms with Gasteiger partial charge in [-0.2, -0.15) is 0 Å². The smallest absolute Gasteiger partial charge is 0.254 e. The van der Waals surface area contributed by atoms with Gasteiger partial charge in [-0.1, -0.05) is 58.0 Å². The highest BCUT2D eigenvalue weighted by molar-refractivity contribution is 7.80. The molecule has 0 radical (unpaired) electrons. The lowest BCUT2D eigenvalue weighted by molar-refractivity contribution is 0.0934. The fourth-order valence-electron chi connectivity index (χ4n) is 1.62. The van der Waals surface area contributed by atoms with Crippen molar-refractivity contribution in [3.8, 4) is 0 Å². The van der Waals surface area contributed by atoms with E-state index in [1.807, 2.05) is 0 Å². The third-order valence-electron chi connectivity index (χ3n) is 2.70. The molecule has 3 N–H and O–H groups in total. The van der Waals surface area contributed by atoms with Gasteiger partial charge in [-0.3, -0.25) is 10.2 Å². The Morgan fingerprint density at radius 3 is 2.36 bits per heavy atom. The maximum atomic E-state index is 12.4. The van der Waals surface area contributed by atoms with Gasteiger partial charge in [0.05, 0.1) is 10.6 Å². The second-order valence-electron chi connectivity index (χ2n) is 4.53. The fraction of sp³-hybridized carbons (Fsp3) is 0.167. The lowest BCUT2D eigenvalue weighted by atomic mass is 10.2. The number of hydrogen-bond acceptors (Lipinski definition) is 4. The van der Waals surface area contributed by atoms with E-state index in [9.17, 15) is 4.79 Å². The molecule has 0 aliphatic rings. The molecule has 0 saturated heterocycles. The quantitative estimate of drug-likeness (QED) is 0.368. The zero-order chi connectivity index (χ0) is 18.6. The molecule has 0 aliphatic carbocycles. The summed E-state index contributed by atoms with van der Waals surface area (Å²) in [5, 5.41) is 13.0. The molecular formula is C12H9Cl5N6OS. The molecular weight excluding hydrogens is 454 g/mol. The average Bonchev–Trinajstić information content (AvgIpc) is 2.98. The number of rotatable bonds is 4. The number of nitrogens with zero attached hydrogens (tertiary/aromatic N) is 3. The second-order valence-corrected chi connectivity index (χ2v) is 8.15. The second kappa shape index (κ2) is 8.57. The molecule has 1 heterocycles. The van der Waals surface area contributed by atoms with Crippen LogP contribution in [-0.4, -0.2) is 35.9 Å². The minimum atomic E-state index is -1.91. The Bertz CT molecular complexity index is 766. The van der Waals surface area contributed by atoms with Crippen molar-refractivity contribution in [2.45, 2.75) is 9.96 Å². The largest absolute Gasteiger partial charge is 0.338 e. The van der Waals surface area contributed by atoms with Crippen LogP contribution in [0.25, 0.3) is 0 Å². The van der Waals surface area contributed by atoms with Crippen molar-refractivity contribution < 1.29 is 4.79 Å². The molecule has 1 atom stereocenters. The number of hydrogen-bond donors (Lipinski definition) is 3. The lowest BCUT2D eigenvalue weighted by Crippen LogP contribution is -2.56. The molecule has 1 aromatic carbocycles. The Kier molecular flexibility index (Phi) is 6.95. The summed E-state index contributed by atoms with van der Waals surface area (Å²) >= 11 is 34.6. The Morgan fingerprint density at radius 1 is 1.16 bits per heavy atom. The molecule has 0 bridgehead atoms. The van der Waals surface area contributed by atoms with Crippen LogP contribution < -0.4 is 16.1 Å². The van der Waals surface area contributed by atoms with Crippen LogP contribution in [0.5, 0.6) is 0 Å². The summed E-state index contributed by atoms with van der Waals surface area (Å²) < 4.78 is -0.545. The molecule has 134 valence electrons. The van der Waals surface area contributed by atoms with Crippen LogP contribution in [0.1, 0.15) is 10.4 Å². The van der Waals surface area contributed by atoms with Crippen LogP contribution in [0.15, 0.2) is 30.9 Å². The van der Waals surface area contributed by atoms with Crippen LogP contribution in [0.4, 0.5) is 0 Å². The molecule has 1 amide bonds. The van der Waals surface area contributed by atoms with Crippen molar-refractivity contribution in [2.75, 3.05) is 5.43 Å². The summed E-state index contributed by atoms with van der Waals surface area (Å²) in [7, 11) is 0. The molecule has 2 rings (SSSR count). The first-order chi connectivity index (χ1) is 11.7. The summed E-state index contributed by atoms with van der Waals surface area (Å²) in [6.45, 7) is 0. The number of aromatic nitrogens is 3. The van der Waals surface area contributed by atoms with Crippen molar-refractivity contribution in [2.24, 2.45) is 0 Å². The van der Waals surface area contributed by atoms with Gasteiger partial charge in [0.15, 0.2) is 5.11 Å². The number of halogens is 5. The van der Waals surface area contributed by atoms with Gasteiger partial charge in [-0.15, -0.1) is 10.2 Å². The van der Waals surface area contributed by atoms with Crippen molar-refractivity contribution in [1.82, 2.24) is 25.5 Å². The first kappa shape index (κ1) is 20.3. The third-order valence-corrected chi connectivity index (χ3v) is 4.11. The zero-order valence-electron chi connectivity index (χ0n) is 12.0. The van der Waals surface area contributed by atoms with Crippen molar-refractivity contribution >= 4 is 81.2 Å². The van der Waals surface area contributed by atoms with E-state index >= 15 is 0 Å². The van der Waals surface area contributed by atoms with Crippen LogP contribution in [0, 0.1) is 0 Å². The normalized spacial score (nSPS) is 12.4. The molecule has 25 heavy (non-hydrogen) atoms. The van der Waals surface area contributed by atoms with Gasteiger partial charge in [-0.25, -0.2) is 4.68 Å². The summed E-state index contributed by atoms with van der Waals surface area (Å²) in [5.41, 5.74) is 2.85. The molecule has 0 spiro atoms. The molecule has 1 aromatic heterocycles. The molecule has 0 aliphatic heterocycles. The fourth-order valence-corrected chi connectivity index (χ4v) is 2.67. The monoisotopic (exact) mass is 460 g/mol. The minimum absolute atomic E-state index is 0.0543. The predicted octanol–water partition coefficient (Wildman–Crippen LogP) is 3.13. The highest BCUT2D eigenvalue weighted by Gasteiger charge is 2.35. The lowest BCUT2D eigenvalue weighted by Gasteiger charge is -2.27. The van der Waals surface area contributed by atoms with Gasteiger partial charge in [0, 0.05) is 5.02 Å². The number of thiocarbonyl (C=S) groups is 1. The Morgan fingerprint density at radius 2 is 1.80 bits per heavy atom. The third kappa shape index (κ3) is 6.02. The summed E-state index contributed by atoms with van der Waals surface area (Å²) in [6, 6.07) is 4.38. The Hall–Kier alpha value is -1.03. The van der Waals surface area contributed by atoms with E-state index in [1.54, 1.807) is 0 Å². The van der Waals surface area contributed by atoms with Gasteiger partial charge in [0.1, 0.15) is 18.8 Å². The van der Waals surface area contributed by atoms with Gasteiger partial charge >= 0.3 is 0 Å². The van der Waals surface area contributed by atoms with Crippen LogP contribution >= 0.6 is 70.2 Å². The van der Waals surface area contributed by atoms with E-state index < -0.39 is 15.9 Å². The van der Waals surface area contributed by atoms with E-state index in [-0.39, 0.29) is 15.7 Å². The van der Waals surface area contributed by atoms with Gasteiger partial charge in [-0.05, 0) is 30.4 Å². The van der Waals surface area contributed by atoms with E-state index in [1.165, 1.54) is 35.5 Å². The van der Waals surface area contributed by atoms with E-state index in [0.717, 1.165) is 0 Å². The molecule has 0 saturated carbocycles. The topological polar surface area (TPSA) is 83.9 Å². The van der Waals surface area contributed by atoms with Gasteiger partial charge < -0.3 is 10.6 Å². The molecule has 0 unspecified atom stereocenters. The molecule has 2 aromatic rings. The summed E-state index contributed by atoms with van der Waals surface area (Å²) in [4.78, 5) is 12.4. The predicted molar refractivity (Wildman–Crippen MR) is 103 cm³/mol. The van der Waals surface area contributed by atoms with E-state index in [2.05, 4.69) is 26.3 Å². The number of nitrogens with one attached hydrogen (secondary N) is 3. The molecule has 0 fully saturated rings. The Balaban J connectivity index is 2.09. The number of carbonyl (C=O) groups excluding carboxylic acids is 1. The van der Waals surface area contributed by atoms with E-state index in [4.69, 9.17) is 70.2 Å². The average molecular weight is 463 g/mol. The number of amides is 1. The maximum absolute atomic E-state index is 12.4. The zero-order valence-corrected chi connectivity index (χ0v) is 16.6. The number of benzene rings is 1. The first-order valence-electron chi connectivity index (χ1n) is 6.41. The van der Waals surface area contributed by atoms with Crippen molar-refractivity contribution in [1.29, 1.82) is 0 Å². The van der Waals surface area contributed by atoms with Gasteiger partial charge in [0.25, 0.3) is 5.91 Å². The summed E-state index contributed by atoms with van der Waals surface area (Å²) in [5.74, 6) is -0.586. The van der Waals surface area contributed by atoms with Crippen LogP contribution in [0.2, 0.25) is 10.0 Å². The van der Waals surface area contributed by atoms with Crippen LogP contribution in [-0.2, 0) is 0 Å². The van der Waals surface area contributed by atoms with Crippen LogP contribution in [0.3, 0.4) is 0 Å². The highest BCUT2D eigenvalue weighted by Crippen LogP contribution is 2.29. The standard InChI is InChI=1S/C12H9Cl5N6OS/c13-6-1-2-7(8(14)3-6)9(24)20-10(12(15,16)17)21-11(25)22-23-4-18-19-5-23/h1-5,10H,(H,20,24)(H2,21,22,25)/t10-/m1/s1. The first-order valence-corrected chi connectivity index (χ1v) is 8.71. The SMILES string of the molecule is O=C(N[C@H](NC(=S)Nn1cnnc1)C(Cl)(Cl)Cl)c1ccc(Cl)cc1Cl. The number of carbonyl (C=O) groups is 1. The summed E-state index contributed by atoms with van der Waals surface area (Å²) in [6.07, 6.45) is 1.57. The minimum Gasteiger partial charge on any atom is -0.338 e. The Labute approximate surface area is 172 Å². The number of alkyl halides is 3. The van der Waals surface area contributed by atoms with Crippen molar-refractivity contribution in [3.05, 3.63) is 46.5 Å². The van der Waals surface area contributed by atoms with Crippen molar-refractivity contribution in [3.63, 3.8) is 0 Å². The van der Waals surface area contributed by atoms with Gasteiger partial charge in [0.2, 0.25) is 3.79 Å². The van der Waals surface area contributed by atoms with E-state index in [0.29, 0.717) is 5.02 Å².